The summed E-state index contributed by atoms with van der Waals surface area (Å²) in [5.74, 6) is -0.121. The van der Waals surface area contributed by atoms with Gasteiger partial charge in [-0.3, -0.25) is 9.48 Å². The van der Waals surface area contributed by atoms with E-state index < -0.39 is 0 Å². The molecule has 6 heteroatoms. The highest BCUT2D eigenvalue weighted by Gasteiger charge is 2.22. The molecule has 0 aliphatic rings. The topological polar surface area (TPSA) is 72.9 Å². The maximum absolute atomic E-state index is 11.9. The fraction of sp³-hybridized carbons (Fsp3) is 0.667. The van der Waals surface area contributed by atoms with Gasteiger partial charge >= 0.3 is 0 Å². The molecule has 0 radical (unpaired) electrons. The van der Waals surface area contributed by atoms with Gasteiger partial charge in [-0.15, -0.1) is 12.4 Å². The molecule has 0 atom stereocenters. The molecule has 1 aromatic heterocycles. The van der Waals surface area contributed by atoms with Crippen molar-refractivity contribution >= 4 is 18.3 Å². The van der Waals surface area contributed by atoms with E-state index in [0.717, 1.165) is 18.5 Å². The number of aryl methyl sites for hydroxylation is 2. The van der Waals surface area contributed by atoms with Crippen molar-refractivity contribution < 1.29 is 4.79 Å². The van der Waals surface area contributed by atoms with Crippen LogP contribution in [0.2, 0.25) is 0 Å². The highest BCUT2D eigenvalue weighted by Crippen LogP contribution is 2.10. The average Bonchev–Trinajstić information content (AvgIpc) is 2.65. The van der Waals surface area contributed by atoms with Crippen LogP contribution in [0, 0.1) is 6.92 Å². The van der Waals surface area contributed by atoms with Crippen LogP contribution in [0.1, 0.15) is 42.9 Å². The van der Waals surface area contributed by atoms with Crippen LogP contribution in [-0.2, 0) is 7.05 Å². The molecular formula is C12H23ClN4O. The molecule has 0 aromatic carbocycles. The zero-order valence-electron chi connectivity index (χ0n) is 11.5. The molecule has 1 aromatic rings. The second-order valence-electron chi connectivity index (χ2n) is 4.55. The summed E-state index contributed by atoms with van der Waals surface area (Å²) in [6.07, 6.45) is 1.68. The van der Waals surface area contributed by atoms with Crippen molar-refractivity contribution in [1.82, 2.24) is 15.1 Å². The smallest absolute Gasteiger partial charge is 0.269 e. The lowest BCUT2D eigenvalue weighted by Crippen LogP contribution is -2.49. The SMILES string of the molecule is CCC(N)(CC)CNC(=O)c1cc(C)nn1C.Cl. The first-order valence-electron chi connectivity index (χ1n) is 5.99. The first-order valence-corrected chi connectivity index (χ1v) is 5.99. The van der Waals surface area contributed by atoms with E-state index in [1.165, 1.54) is 0 Å². The zero-order chi connectivity index (χ0) is 13.1. The fourth-order valence-corrected chi connectivity index (χ4v) is 1.67. The Hall–Kier alpha value is -1.07. The van der Waals surface area contributed by atoms with Gasteiger partial charge in [0.1, 0.15) is 5.69 Å². The number of aromatic nitrogens is 2. The number of rotatable bonds is 5. The van der Waals surface area contributed by atoms with Crippen LogP contribution in [0.3, 0.4) is 0 Å². The molecule has 18 heavy (non-hydrogen) atoms. The number of carbonyl (C=O) groups is 1. The Morgan fingerprint density at radius 1 is 1.50 bits per heavy atom. The van der Waals surface area contributed by atoms with Crippen LogP contribution < -0.4 is 11.1 Å². The Balaban J connectivity index is 0.00000289. The third-order valence-electron chi connectivity index (χ3n) is 3.24. The van der Waals surface area contributed by atoms with Crippen molar-refractivity contribution in [1.29, 1.82) is 0 Å². The molecule has 0 unspecified atom stereocenters. The minimum atomic E-state index is -0.316. The van der Waals surface area contributed by atoms with Gasteiger partial charge in [-0.1, -0.05) is 13.8 Å². The molecule has 0 saturated heterocycles. The molecule has 0 aliphatic heterocycles. The van der Waals surface area contributed by atoms with E-state index in [9.17, 15) is 4.79 Å². The number of amides is 1. The number of nitrogens with zero attached hydrogens (tertiary/aromatic N) is 2. The van der Waals surface area contributed by atoms with Crippen LogP contribution in [0.4, 0.5) is 0 Å². The van der Waals surface area contributed by atoms with Crippen LogP contribution in [-0.4, -0.2) is 27.8 Å². The Morgan fingerprint density at radius 3 is 2.44 bits per heavy atom. The minimum Gasteiger partial charge on any atom is -0.349 e. The number of hydrogen-bond donors (Lipinski definition) is 2. The molecule has 1 heterocycles. The lowest BCUT2D eigenvalue weighted by atomic mass is 9.94. The molecule has 0 aliphatic carbocycles. The third kappa shape index (κ3) is 3.99. The summed E-state index contributed by atoms with van der Waals surface area (Å²) >= 11 is 0. The summed E-state index contributed by atoms with van der Waals surface area (Å²) in [7, 11) is 1.76. The highest BCUT2D eigenvalue weighted by atomic mass is 35.5. The lowest BCUT2D eigenvalue weighted by molar-refractivity contribution is 0.0932. The Bertz CT molecular complexity index is 399. The highest BCUT2D eigenvalue weighted by molar-refractivity contribution is 5.92. The molecule has 104 valence electrons. The summed E-state index contributed by atoms with van der Waals surface area (Å²) in [6.45, 7) is 6.42. The largest absolute Gasteiger partial charge is 0.349 e. The normalized spacial score (nSPS) is 10.9. The molecule has 0 bridgehead atoms. The molecule has 1 amide bonds. The van der Waals surface area contributed by atoms with Crippen LogP contribution in [0.25, 0.3) is 0 Å². The first-order chi connectivity index (χ1) is 7.91. The Labute approximate surface area is 115 Å². The van der Waals surface area contributed by atoms with Crippen LogP contribution in [0.5, 0.6) is 0 Å². The molecule has 0 fully saturated rings. The number of halogens is 1. The van der Waals surface area contributed by atoms with E-state index in [4.69, 9.17) is 5.73 Å². The predicted octanol–water partition coefficient (Wildman–Crippen LogP) is 1.40. The van der Waals surface area contributed by atoms with Gasteiger partial charge in [0.2, 0.25) is 0 Å². The standard InChI is InChI=1S/C12H22N4O.ClH/c1-5-12(13,6-2)8-14-11(17)10-7-9(3)15-16(10)4;/h7H,5-6,8,13H2,1-4H3,(H,14,17);1H. The molecule has 0 spiro atoms. The lowest BCUT2D eigenvalue weighted by Gasteiger charge is -2.26. The second kappa shape index (κ2) is 6.75. The minimum absolute atomic E-state index is 0. The summed E-state index contributed by atoms with van der Waals surface area (Å²) < 4.78 is 1.58. The van der Waals surface area contributed by atoms with Crippen LogP contribution >= 0.6 is 12.4 Å². The van der Waals surface area contributed by atoms with Gasteiger partial charge in [-0.25, -0.2) is 0 Å². The van der Waals surface area contributed by atoms with E-state index in [2.05, 4.69) is 10.4 Å². The maximum atomic E-state index is 11.9. The average molecular weight is 275 g/mol. The summed E-state index contributed by atoms with van der Waals surface area (Å²) in [4.78, 5) is 11.9. The third-order valence-corrected chi connectivity index (χ3v) is 3.24. The van der Waals surface area contributed by atoms with E-state index in [0.29, 0.717) is 12.2 Å². The van der Waals surface area contributed by atoms with E-state index in [1.54, 1.807) is 17.8 Å². The Morgan fingerprint density at radius 2 is 2.06 bits per heavy atom. The molecule has 5 nitrogen and oxygen atoms in total. The van der Waals surface area contributed by atoms with Gasteiger partial charge in [-0.2, -0.15) is 5.10 Å². The number of nitrogens with one attached hydrogen (secondary N) is 1. The zero-order valence-corrected chi connectivity index (χ0v) is 12.3. The van der Waals surface area contributed by atoms with Crippen molar-refractivity contribution in [3.63, 3.8) is 0 Å². The van der Waals surface area contributed by atoms with Gasteiger partial charge in [0, 0.05) is 19.1 Å². The molecule has 1 rings (SSSR count). The van der Waals surface area contributed by atoms with Crippen molar-refractivity contribution in [2.45, 2.75) is 39.2 Å². The summed E-state index contributed by atoms with van der Waals surface area (Å²) in [5.41, 5.74) is 7.22. The maximum Gasteiger partial charge on any atom is 0.269 e. The van der Waals surface area contributed by atoms with E-state index >= 15 is 0 Å². The monoisotopic (exact) mass is 274 g/mol. The van der Waals surface area contributed by atoms with Crippen molar-refractivity contribution in [2.24, 2.45) is 12.8 Å². The fourth-order valence-electron chi connectivity index (χ4n) is 1.67. The molecule has 0 saturated carbocycles. The molecule has 3 N–H and O–H groups in total. The number of carbonyl (C=O) groups excluding carboxylic acids is 1. The summed E-state index contributed by atoms with van der Waals surface area (Å²) in [5, 5.41) is 7.01. The molecular weight excluding hydrogens is 252 g/mol. The first kappa shape index (κ1) is 16.9. The van der Waals surface area contributed by atoms with E-state index in [1.807, 2.05) is 20.8 Å². The number of nitrogens with two attached hydrogens (primary N) is 1. The van der Waals surface area contributed by atoms with Crippen molar-refractivity contribution in [2.75, 3.05) is 6.54 Å². The summed E-state index contributed by atoms with van der Waals surface area (Å²) in [6, 6.07) is 1.77. The number of hydrogen-bond acceptors (Lipinski definition) is 3. The van der Waals surface area contributed by atoms with Gasteiger partial charge in [-0.05, 0) is 25.8 Å². The van der Waals surface area contributed by atoms with Crippen molar-refractivity contribution in [3.05, 3.63) is 17.5 Å². The van der Waals surface area contributed by atoms with Crippen LogP contribution in [0.15, 0.2) is 6.07 Å². The van der Waals surface area contributed by atoms with Gasteiger partial charge in [0.25, 0.3) is 5.91 Å². The van der Waals surface area contributed by atoms with Crippen molar-refractivity contribution in [3.8, 4) is 0 Å². The predicted molar refractivity (Wildman–Crippen MR) is 75.0 cm³/mol. The van der Waals surface area contributed by atoms with E-state index in [-0.39, 0.29) is 23.9 Å². The van der Waals surface area contributed by atoms with Gasteiger partial charge in [0.15, 0.2) is 0 Å². The quantitative estimate of drug-likeness (QED) is 0.852. The Kier molecular flexibility index (Phi) is 6.35. The van der Waals surface area contributed by atoms with Gasteiger partial charge in [0.05, 0.1) is 5.69 Å². The second-order valence-corrected chi connectivity index (χ2v) is 4.55. The van der Waals surface area contributed by atoms with Gasteiger partial charge < -0.3 is 11.1 Å².